The highest BCUT2D eigenvalue weighted by molar-refractivity contribution is 14.1. The molecule has 1 unspecified atom stereocenters. The minimum Gasteiger partial charge on any atom is -0.321 e. The van der Waals surface area contributed by atoms with Gasteiger partial charge in [0.2, 0.25) is 0 Å². The van der Waals surface area contributed by atoms with Crippen LogP contribution in [0.2, 0.25) is 0 Å². The Balaban J connectivity index is 2.20. The lowest BCUT2D eigenvalue weighted by molar-refractivity contribution is 0.491. The number of halogens is 2. The summed E-state index contributed by atoms with van der Waals surface area (Å²) in [6.45, 7) is 2.08. The van der Waals surface area contributed by atoms with Gasteiger partial charge < -0.3 is 5.73 Å². The van der Waals surface area contributed by atoms with E-state index in [2.05, 4.69) is 81.8 Å². The van der Waals surface area contributed by atoms with E-state index in [9.17, 15) is 0 Å². The summed E-state index contributed by atoms with van der Waals surface area (Å²) < 4.78 is 2.33. The second-order valence-corrected chi connectivity index (χ2v) is 6.89. The van der Waals surface area contributed by atoms with Gasteiger partial charge in [0.15, 0.2) is 0 Å². The summed E-state index contributed by atoms with van der Waals surface area (Å²) in [6, 6.07) is 16.8. The predicted molar refractivity (Wildman–Crippen MR) is 88.5 cm³/mol. The van der Waals surface area contributed by atoms with E-state index < -0.39 is 0 Å². The van der Waals surface area contributed by atoms with Crippen LogP contribution in [0.3, 0.4) is 0 Å². The highest BCUT2D eigenvalue weighted by Gasteiger charge is 2.21. The topological polar surface area (TPSA) is 26.0 Å². The third-order valence-electron chi connectivity index (χ3n) is 2.99. The zero-order valence-corrected chi connectivity index (χ0v) is 13.9. The van der Waals surface area contributed by atoms with Gasteiger partial charge in [0.25, 0.3) is 0 Å². The standard InChI is InChI=1S/C15H15BrIN/c1-15(18,12-4-6-13(16)7-5-12)10-11-2-8-14(17)9-3-11/h2-9H,10,18H2,1H3. The fraction of sp³-hybridized carbons (Fsp3) is 0.200. The summed E-state index contributed by atoms with van der Waals surface area (Å²) >= 11 is 5.76. The van der Waals surface area contributed by atoms with Gasteiger partial charge in [0.1, 0.15) is 0 Å². The average Bonchev–Trinajstić information content (AvgIpc) is 2.32. The molecular weight excluding hydrogens is 401 g/mol. The summed E-state index contributed by atoms with van der Waals surface area (Å²) in [5.41, 5.74) is 8.52. The molecule has 0 fully saturated rings. The largest absolute Gasteiger partial charge is 0.321 e. The lowest BCUT2D eigenvalue weighted by Crippen LogP contribution is -2.35. The Morgan fingerprint density at radius 1 is 1.06 bits per heavy atom. The Morgan fingerprint density at radius 2 is 1.61 bits per heavy atom. The average molecular weight is 416 g/mol. The van der Waals surface area contributed by atoms with Gasteiger partial charge in [-0.05, 0) is 71.3 Å². The van der Waals surface area contributed by atoms with Crippen LogP contribution in [0, 0.1) is 3.57 Å². The molecule has 1 atom stereocenters. The molecule has 0 aliphatic heterocycles. The van der Waals surface area contributed by atoms with E-state index in [1.54, 1.807) is 0 Å². The molecular formula is C15H15BrIN. The maximum Gasteiger partial charge on any atom is 0.0421 e. The number of rotatable bonds is 3. The Labute approximate surface area is 130 Å². The molecule has 0 aliphatic carbocycles. The Morgan fingerprint density at radius 3 is 2.17 bits per heavy atom. The lowest BCUT2D eigenvalue weighted by Gasteiger charge is -2.25. The first kappa shape index (κ1) is 14.0. The number of benzene rings is 2. The Kier molecular flexibility index (Phi) is 4.45. The SMILES string of the molecule is CC(N)(Cc1ccc(I)cc1)c1ccc(Br)cc1. The molecule has 0 aromatic heterocycles. The second kappa shape index (κ2) is 5.72. The summed E-state index contributed by atoms with van der Waals surface area (Å²) in [4.78, 5) is 0. The summed E-state index contributed by atoms with van der Waals surface area (Å²) in [5.74, 6) is 0. The van der Waals surface area contributed by atoms with Crippen molar-refractivity contribution in [2.45, 2.75) is 18.9 Å². The van der Waals surface area contributed by atoms with Gasteiger partial charge in [0, 0.05) is 13.6 Å². The van der Waals surface area contributed by atoms with Crippen LogP contribution in [0.4, 0.5) is 0 Å². The molecule has 2 aromatic carbocycles. The quantitative estimate of drug-likeness (QED) is 0.735. The van der Waals surface area contributed by atoms with E-state index in [0.29, 0.717) is 0 Å². The van der Waals surface area contributed by atoms with E-state index in [-0.39, 0.29) is 5.54 Å². The Bertz CT molecular complexity index is 517. The monoisotopic (exact) mass is 415 g/mol. The minimum absolute atomic E-state index is 0.340. The zero-order chi connectivity index (χ0) is 13.2. The highest BCUT2D eigenvalue weighted by atomic mass is 127. The molecule has 0 radical (unpaired) electrons. The van der Waals surface area contributed by atoms with Gasteiger partial charge in [-0.1, -0.05) is 40.2 Å². The molecule has 0 aliphatic rings. The van der Waals surface area contributed by atoms with E-state index in [1.807, 2.05) is 12.1 Å². The fourth-order valence-electron chi connectivity index (χ4n) is 1.96. The Hall–Kier alpha value is -0.390. The van der Waals surface area contributed by atoms with Gasteiger partial charge >= 0.3 is 0 Å². The van der Waals surface area contributed by atoms with E-state index in [1.165, 1.54) is 9.13 Å². The van der Waals surface area contributed by atoms with Crippen LogP contribution in [0.5, 0.6) is 0 Å². The molecule has 0 saturated heterocycles. The van der Waals surface area contributed by atoms with Crippen LogP contribution in [0.1, 0.15) is 18.1 Å². The van der Waals surface area contributed by atoms with E-state index >= 15 is 0 Å². The molecule has 2 rings (SSSR count). The normalized spacial score (nSPS) is 14.2. The van der Waals surface area contributed by atoms with Crippen molar-refractivity contribution in [1.82, 2.24) is 0 Å². The molecule has 0 heterocycles. The van der Waals surface area contributed by atoms with Crippen molar-refractivity contribution in [2.75, 3.05) is 0 Å². The molecule has 18 heavy (non-hydrogen) atoms. The first-order valence-corrected chi connectivity index (χ1v) is 7.64. The van der Waals surface area contributed by atoms with Gasteiger partial charge in [-0.25, -0.2) is 0 Å². The van der Waals surface area contributed by atoms with Crippen LogP contribution >= 0.6 is 38.5 Å². The van der Waals surface area contributed by atoms with Gasteiger partial charge in [0.05, 0.1) is 0 Å². The van der Waals surface area contributed by atoms with Crippen molar-refractivity contribution in [1.29, 1.82) is 0 Å². The number of nitrogens with two attached hydrogens (primary N) is 1. The summed E-state index contributed by atoms with van der Waals surface area (Å²) in [5, 5.41) is 0. The third kappa shape index (κ3) is 3.56. The van der Waals surface area contributed by atoms with E-state index in [0.717, 1.165) is 16.5 Å². The molecule has 2 aromatic rings. The van der Waals surface area contributed by atoms with Crippen molar-refractivity contribution >= 4 is 38.5 Å². The third-order valence-corrected chi connectivity index (χ3v) is 4.24. The van der Waals surface area contributed by atoms with Gasteiger partial charge in [-0.15, -0.1) is 0 Å². The van der Waals surface area contributed by atoms with Gasteiger partial charge in [-0.3, -0.25) is 0 Å². The van der Waals surface area contributed by atoms with Gasteiger partial charge in [-0.2, -0.15) is 0 Å². The number of hydrogen-bond acceptors (Lipinski definition) is 1. The zero-order valence-electron chi connectivity index (χ0n) is 10.2. The van der Waals surface area contributed by atoms with Crippen LogP contribution in [0.15, 0.2) is 53.0 Å². The van der Waals surface area contributed by atoms with Crippen molar-refractivity contribution < 1.29 is 0 Å². The van der Waals surface area contributed by atoms with Crippen molar-refractivity contribution in [2.24, 2.45) is 5.73 Å². The minimum atomic E-state index is -0.340. The van der Waals surface area contributed by atoms with Crippen LogP contribution in [-0.4, -0.2) is 0 Å². The fourth-order valence-corrected chi connectivity index (χ4v) is 2.58. The highest BCUT2D eigenvalue weighted by Crippen LogP contribution is 2.24. The van der Waals surface area contributed by atoms with Crippen molar-refractivity contribution in [3.05, 3.63) is 67.7 Å². The lowest BCUT2D eigenvalue weighted by atomic mass is 9.87. The second-order valence-electron chi connectivity index (χ2n) is 4.73. The molecule has 0 bridgehead atoms. The molecule has 0 saturated carbocycles. The molecule has 3 heteroatoms. The number of hydrogen-bond donors (Lipinski definition) is 1. The molecule has 94 valence electrons. The van der Waals surface area contributed by atoms with E-state index in [4.69, 9.17) is 5.73 Å². The predicted octanol–water partition coefficient (Wildman–Crippen LogP) is 4.47. The summed E-state index contributed by atoms with van der Waals surface area (Å²) in [6.07, 6.45) is 0.839. The molecule has 0 amide bonds. The first-order chi connectivity index (χ1) is 8.47. The first-order valence-electron chi connectivity index (χ1n) is 5.77. The maximum atomic E-state index is 6.44. The van der Waals surface area contributed by atoms with Crippen LogP contribution < -0.4 is 5.73 Å². The summed E-state index contributed by atoms with van der Waals surface area (Å²) in [7, 11) is 0. The molecule has 1 nitrogen and oxygen atoms in total. The van der Waals surface area contributed by atoms with Crippen molar-refractivity contribution in [3.63, 3.8) is 0 Å². The van der Waals surface area contributed by atoms with Crippen LogP contribution in [0.25, 0.3) is 0 Å². The molecule has 0 spiro atoms. The maximum absolute atomic E-state index is 6.44. The van der Waals surface area contributed by atoms with Crippen LogP contribution in [-0.2, 0) is 12.0 Å². The smallest absolute Gasteiger partial charge is 0.0421 e. The van der Waals surface area contributed by atoms with Crippen molar-refractivity contribution in [3.8, 4) is 0 Å². The molecule has 2 N–H and O–H groups in total.